The predicted molar refractivity (Wildman–Crippen MR) is 92.9 cm³/mol. The lowest BCUT2D eigenvalue weighted by atomic mass is 10.2. The van der Waals surface area contributed by atoms with Crippen molar-refractivity contribution in [3.05, 3.63) is 59.9 Å². The van der Waals surface area contributed by atoms with Crippen molar-refractivity contribution in [1.29, 1.82) is 5.26 Å². The first kappa shape index (κ1) is 16.8. The van der Waals surface area contributed by atoms with Gasteiger partial charge in [-0.1, -0.05) is 23.9 Å². The second-order valence-corrected chi connectivity index (χ2v) is 6.05. The molecule has 0 aliphatic rings. The van der Waals surface area contributed by atoms with Crippen molar-refractivity contribution in [3.8, 4) is 23.2 Å². The normalized spacial score (nSPS) is 10.4. The second-order valence-electron chi connectivity index (χ2n) is 4.99. The molecule has 2 aromatic carbocycles. The molecule has 0 aliphatic heterocycles. The molecule has 25 heavy (non-hydrogen) atoms. The van der Waals surface area contributed by atoms with E-state index in [-0.39, 0.29) is 5.82 Å². The Bertz CT molecular complexity index is 904. The van der Waals surface area contributed by atoms with Gasteiger partial charge in [0.15, 0.2) is 5.82 Å². The highest BCUT2D eigenvalue weighted by Crippen LogP contribution is 2.23. The maximum Gasteiger partial charge on any atom is 0.210 e. The van der Waals surface area contributed by atoms with Crippen molar-refractivity contribution in [2.24, 2.45) is 0 Å². The number of nitrogen functional groups attached to an aromatic ring is 1. The van der Waals surface area contributed by atoms with Crippen LogP contribution in [0.2, 0.25) is 0 Å². The minimum atomic E-state index is -0.401. The molecular weight excluding hydrogens is 341 g/mol. The molecular formula is C17H14FN5OS. The Labute approximate surface area is 148 Å². The van der Waals surface area contributed by atoms with Gasteiger partial charge >= 0.3 is 0 Å². The average molecular weight is 355 g/mol. The van der Waals surface area contributed by atoms with Gasteiger partial charge in [0, 0.05) is 5.75 Å². The zero-order chi connectivity index (χ0) is 17.6. The molecule has 0 saturated carbocycles. The van der Waals surface area contributed by atoms with Crippen LogP contribution >= 0.6 is 11.8 Å². The van der Waals surface area contributed by atoms with E-state index in [0.717, 1.165) is 0 Å². The Morgan fingerprint density at radius 1 is 1.16 bits per heavy atom. The maximum absolute atomic E-state index is 13.8. The molecule has 0 aliphatic carbocycles. The first-order chi connectivity index (χ1) is 12.2. The van der Waals surface area contributed by atoms with Crippen LogP contribution in [0.5, 0.6) is 5.75 Å². The summed E-state index contributed by atoms with van der Waals surface area (Å²) in [5.41, 5.74) is 0.886. The van der Waals surface area contributed by atoms with Crippen LogP contribution in [-0.2, 0) is 0 Å². The summed E-state index contributed by atoms with van der Waals surface area (Å²) < 4.78 is 20.7. The fourth-order valence-corrected chi connectivity index (χ4v) is 2.79. The monoisotopic (exact) mass is 355 g/mol. The average Bonchev–Trinajstić information content (AvgIpc) is 3.00. The van der Waals surface area contributed by atoms with Gasteiger partial charge in [0.1, 0.15) is 11.6 Å². The van der Waals surface area contributed by atoms with Gasteiger partial charge in [-0.2, -0.15) is 5.26 Å². The van der Waals surface area contributed by atoms with E-state index >= 15 is 0 Å². The molecule has 6 nitrogen and oxygen atoms in total. The zero-order valence-corrected chi connectivity index (χ0v) is 13.9. The maximum atomic E-state index is 13.8. The van der Waals surface area contributed by atoms with Gasteiger partial charge in [-0.25, -0.2) is 9.07 Å². The van der Waals surface area contributed by atoms with E-state index < -0.39 is 5.82 Å². The number of nitrogens with two attached hydrogens (primary N) is 1. The van der Waals surface area contributed by atoms with Gasteiger partial charge in [-0.05, 0) is 36.4 Å². The number of nitriles is 1. The van der Waals surface area contributed by atoms with Gasteiger partial charge < -0.3 is 10.6 Å². The summed E-state index contributed by atoms with van der Waals surface area (Å²) in [7, 11) is 0. The van der Waals surface area contributed by atoms with E-state index in [0.29, 0.717) is 34.4 Å². The number of aromatic nitrogens is 3. The highest BCUT2D eigenvalue weighted by atomic mass is 32.2. The fraction of sp³-hybridized carbons (Fsp3) is 0.118. The third kappa shape index (κ3) is 3.89. The molecule has 0 atom stereocenters. The van der Waals surface area contributed by atoms with E-state index in [1.54, 1.807) is 42.5 Å². The highest BCUT2D eigenvalue weighted by Gasteiger charge is 2.15. The molecule has 3 rings (SSSR count). The van der Waals surface area contributed by atoms with Crippen LogP contribution in [0.3, 0.4) is 0 Å². The van der Waals surface area contributed by atoms with Crippen molar-refractivity contribution in [3.63, 3.8) is 0 Å². The van der Waals surface area contributed by atoms with Crippen LogP contribution in [-0.4, -0.2) is 27.2 Å². The summed E-state index contributed by atoms with van der Waals surface area (Å²) >= 11 is 1.36. The summed E-state index contributed by atoms with van der Waals surface area (Å²) in [6.45, 7) is 0.429. The molecule has 0 saturated heterocycles. The minimum absolute atomic E-state index is 0.272. The topological polar surface area (TPSA) is 89.8 Å². The van der Waals surface area contributed by atoms with E-state index in [1.807, 2.05) is 0 Å². The summed E-state index contributed by atoms with van der Waals surface area (Å²) in [5.74, 6) is 7.10. The molecule has 0 unspecified atom stereocenters. The Kier molecular flexibility index (Phi) is 5.16. The molecule has 1 heterocycles. The first-order valence-electron chi connectivity index (χ1n) is 7.40. The molecule has 3 aromatic rings. The SMILES string of the molecule is N#Cc1ccc(OCCSc2nnc(-c3ccccc3F)n2N)cc1. The number of rotatable bonds is 6. The van der Waals surface area contributed by atoms with Gasteiger partial charge in [0.2, 0.25) is 5.16 Å². The second kappa shape index (κ2) is 7.68. The van der Waals surface area contributed by atoms with E-state index in [2.05, 4.69) is 16.3 Å². The molecule has 8 heteroatoms. The first-order valence-corrected chi connectivity index (χ1v) is 8.39. The molecule has 0 fully saturated rings. The van der Waals surface area contributed by atoms with Crippen LogP contribution in [0.1, 0.15) is 5.56 Å². The lowest BCUT2D eigenvalue weighted by Crippen LogP contribution is -2.12. The van der Waals surface area contributed by atoms with Gasteiger partial charge in [0.05, 0.1) is 23.8 Å². The van der Waals surface area contributed by atoms with Crippen molar-refractivity contribution < 1.29 is 9.13 Å². The van der Waals surface area contributed by atoms with Crippen molar-refractivity contribution in [2.45, 2.75) is 5.16 Å². The smallest absolute Gasteiger partial charge is 0.210 e. The molecule has 126 valence electrons. The summed E-state index contributed by atoms with van der Waals surface area (Å²) in [6.07, 6.45) is 0. The number of hydrogen-bond donors (Lipinski definition) is 1. The lowest BCUT2D eigenvalue weighted by molar-refractivity contribution is 0.344. The summed E-state index contributed by atoms with van der Waals surface area (Å²) in [4.78, 5) is 0. The predicted octanol–water partition coefficient (Wildman–Crippen LogP) is 2.84. The molecule has 1 aromatic heterocycles. The van der Waals surface area contributed by atoms with Gasteiger partial charge in [-0.3, -0.25) is 0 Å². The Balaban J connectivity index is 1.57. The summed E-state index contributed by atoms with van der Waals surface area (Å²) in [6, 6.07) is 15.2. The quantitative estimate of drug-likeness (QED) is 0.415. The lowest BCUT2D eigenvalue weighted by Gasteiger charge is -2.06. The third-order valence-corrected chi connectivity index (χ3v) is 4.25. The zero-order valence-electron chi connectivity index (χ0n) is 13.1. The van der Waals surface area contributed by atoms with Crippen molar-refractivity contribution in [2.75, 3.05) is 18.2 Å². The fourth-order valence-electron chi connectivity index (χ4n) is 2.12. The minimum Gasteiger partial charge on any atom is -0.493 e. The van der Waals surface area contributed by atoms with E-state index in [4.69, 9.17) is 15.8 Å². The van der Waals surface area contributed by atoms with Gasteiger partial charge in [-0.15, -0.1) is 10.2 Å². The number of nitrogens with zero attached hydrogens (tertiary/aromatic N) is 4. The van der Waals surface area contributed by atoms with E-state index in [1.165, 1.54) is 22.5 Å². The van der Waals surface area contributed by atoms with Crippen LogP contribution in [0.15, 0.2) is 53.7 Å². The van der Waals surface area contributed by atoms with Crippen molar-refractivity contribution >= 4 is 11.8 Å². The van der Waals surface area contributed by atoms with Crippen LogP contribution in [0, 0.1) is 17.1 Å². The number of ether oxygens (including phenoxy) is 1. The number of benzene rings is 2. The molecule has 2 N–H and O–H groups in total. The Morgan fingerprint density at radius 3 is 2.64 bits per heavy atom. The number of halogens is 1. The van der Waals surface area contributed by atoms with Crippen LogP contribution < -0.4 is 10.6 Å². The molecule has 0 radical (unpaired) electrons. The molecule has 0 spiro atoms. The Hall–Kier alpha value is -3.05. The number of hydrogen-bond acceptors (Lipinski definition) is 6. The Morgan fingerprint density at radius 2 is 1.92 bits per heavy atom. The largest absolute Gasteiger partial charge is 0.493 e. The van der Waals surface area contributed by atoms with Crippen molar-refractivity contribution in [1.82, 2.24) is 14.9 Å². The summed E-state index contributed by atoms with van der Waals surface area (Å²) in [5, 5.41) is 17.2. The van der Waals surface area contributed by atoms with E-state index in [9.17, 15) is 4.39 Å². The van der Waals surface area contributed by atoms with Gasteiger partial charge in [0.25, 0.3) is 0 Å². The standard InChI is InChI=1S/C17H14FN5OS/c18-15-4-2-1-3-14(15)16-21-22-17(23(16)20)25-10-9-24-13-7-5-12(11-19)6-8-13/h1-8H,9-10,20H2. The van der Waals surface area contributed by atoms with Crippen LogP contribution in [0.4, 0.5) is 4.39 Å². The molecule has 0 bridgehead atoms. The van der Waals surface area contributed by atoms with Crippen LogP contribution in [0.25, 0.3) is 11.4 Å². The highest BCUT2D eigenvalue weighted by molar-refractivity contribution is 7.99. The third-order valence-electron chi connectivity index (χ3n) is 3.35. The number of thioether (sulfide) groups is 1. The molecule has 0 amide bonds.